The van der Waals surface area contributed by atoms with Gasteiger partial charge in [0.2, 0.25) is 5.78 Å². The molecule has 4 aliphatic rings. The molecular formula is C23H30O5. The Morgan fingerprint density at radius 1 is 1.21 bits per heavy atom. The van der Waals surface area contributed by atoms with Crippen molar-refractivity contribution in [1.82, 2.24) is 0 Å². The first-order valence-electron chi connectivity index (χ1n) is 10.5. The quantitative estimate of drug-likeness (QED) is 0.595. The highest BCUT2D eigenvalue weighted by Crippen LogP contribution is 2.65. The molecule has 5 nitrogen and oxygen atoms in total. The van der Waals surface area contributed by atoms with Gasteiger partial charge in [0.15, 0.2) is 12.4 Å². The Hall–Kier alpha value is -1.75. The van der Waals surface area contributed by atoms with Crippen molar-refractivity contribution in [2.24, 2.45) is 22.7 Å². The van der Waals surface area contributed by atoms with Gasteiger partial charge < -0.3 is 9.84 Å². The zero-order chi connectivity index (χ0) is 20.3. The maximum atomic E-state index is 12.8. The van der Waals surface area contributed by atoms with Crippen LogP contribution < -0.4 is 0 Å². The number of Topliss-reactive ketones (excluding diaryl/α,β-unsaturated/α-hetero) is 1. The normalized spacial score (nSPS) is 41.9. The summed E-state index contributed by atoms with van der Waals surface area (Å²) in [6, 6.07) is 0. The molecule has 5 atom stereocenters. The summed E-state index contributed by atoms with van der Waals surface area (Å²) in [5.74, 6) is -0.0813. The van der Waals surface area contributed by atoms with Crippen LogP contribution in [0.4, 0.5) is 0 Å². The summed E-state index contributed by atoms with van der Waals surface area (Å²) in [7, 11) is 0. The van der Waals surface area contributed by atoms with Crippen LogP contribution in [-0.4, -0.2) is 34.9 Å². The molecule has 0 unspecified atom stereocenters. The Kier molecular flexibility index (Phi) is 4.46. The van der Waals surface area contributed by atoms with E-state index in [-0.39, 0.29) is 29.5 Å². The number of fused-ring (bicyclic) bond motifs is 5. The molecule has 152 valence electrons. The van der Waals surface area contributed by atoms with E-state index in [0.29, 0.717) is 25.2 Å². The minimum absolute atomic E-state index is 0.0549. The number of ether oxygens (including phenoxy) is 1. The van der Waals surface area contributed by atoms with Gasteiger partial charge in [0.25, 0.3) is 0 Å². The maximum Gasteiger partial charge on any atom is 0.303 e. The van der Waals surface area contributed by atoms with E-state index in [2.05, 4.69) is 13.0 Å². The standard InChI is InChI=1S/C23H30O5/c1-14(24)28-13-20(26)23(27)11-8-19-17-5-4-15-12-16(25)6-9-21(15,2)18(17)7-10-22(19,23)3/h7,12,17,19,27H,4-6,8-11,13H2,1-3H3/t17-,19-,21+,22+,23+/m1/s1. The van der Waals surface area contributed by atoms with E-state index in [0.717, 1.165) is 25.7 Å². The van der Waals surface area contributed by atoms with Crippen LogP contribution in [0.15, 0.2) is 23.3 Å². The predicted octanol–water partition coefficient (Wildman–Crippen LogP) is 3.30. The third-order valence-electron chi connectivity index (χ3n) is 8.36. The molecule has 2 fully saturated rings. The van der Waals surface area contributed by atoms with Gasteiger partial charge in [-0.25, -0.2) is 0 Å². The van der Waals surface area contributed by atoms with Crippen LogP contribution in [0.25, 0.3) is 0 Å². The van der Waals surface area contributed by atoms with E-state index in [1.54, 1.807) is 0 Å². The number of esters is 1. The van der Waals surface area contributed by atoms with Crippen molar-refractivity contribution in [3.63, 3.8) is 0 Å². The summed E-state index contributed by atoms with van der Waals surface area (Å²) in [6.07, 6.45) is 9.31. The first-order valence-corrected chi connectivity index (χ1v) is 10.5. The molecule has 2 saturated carbocycles. The molecule has 4 rings (SSSR count). The zero-order valence-corrected chi connectivity index (χ0v) is 17.0. The lowest BCUT2D eigenvalue weighted by molar-refractivity contribution is -0.162. The molecule has 0 amide bonds. The average Bonchev–Trinajstić information content (AvgIpc) is 2.92. The zero-order valence-electron chi connectivity index (χ0n) is 17.0. The molecule has 0 saturated heterocycles. The van der Waals surface area contributed by atoms with Gasteiger partial charge in [0.05, 0.1) is 0 Å². The van der Waals surface area contributed by atoms with E-state index in [9.17, 15) is 19.5 Å². The van der Waals surface area contributed by atoms with Crippen LogP contribution in [0, 0.1) is 22.7 Å². The summed E-state index contributed by atoms with van der Waals surface area (Å²) in [6.45, 7) is 5.21. The maximum absolute atomic E-state index is 12.8. The molecule has 0 bridgehead atoms. The van der Waals surface area contributed by atoms with E-state index in [4.69, 9.17) is 4.74 Å². The summed E-state index contributed by atoms with van der Waals surface area (Å²) in [5.41, 5.74) is 0.626. The van der Waals surface area contributed by atoms with Gasteiger partial charge in [0, 0.05) is 24.2 Å². The Morgan fingerprint density at radius 3 is 2.68 bits per heavy atom. The molecule has 0 heterocycles. The molecule has 0 radical (unpaired) electrons. The largest absolute Gasteiger partial charge is 0.458 e. The number of hydrogen-bond donors (Lipinski definition) is 1. The van der Waals surface area contributed by atoms with Crippen LogP contribution in [0.3, 0.4) is 0 Å². The van der Waals surface area contributed by atoms with Crippen LogP contribution in [-0.2, 0) is 19.1 Å². The third-order valence-corrected chi connectivity index (χ3v) is 8.36. The molecular weight excluding hydrogens is 356 g/mol. The van der Waals surface area contributed by atoms with E-state index >= 15 is 0 Å². The van der Waals surface area contributed by atoms with Crippen molar-refractivity contribution in [3.05, 3.63) is 23.3 Å². The minimum Gasteiger partial charge on any atom is -0.458 e. The molecule has 5 heteroatoms. The topological polar surface area (TPSA) is 80.7 Å². The van der Waals surface area contributed by atoms with Gasteiger partial charge in [-0.15, -0.1) is 0 Å². The van der Waals surface area contributed by atoms with E-state index < -0.39 is 17.0 Å². The Morgan fingerprint density at radius 2 is 1.96 bits per heavy atom. The minimum atomic E-state index is -1.45. The van der Waals surface area contributed by atoms with Crippen LogP contribution in [0.2, 0.25) is 0 Å². The molecule has 0 aliphatic heterocycles. The summed E-state index contributed by atoms with van der Waals surface area (Å²) < 4.78 is 4.91. The van der Waals surface area contributed by atoms with E-state index in [1.165, 1.54) is 18.1 Å². The summed E-state index contributed by atoms with van der Waals surface area (Å²) >= 11 is 0. The highest BCUT2D eigenvalue weighted by atomic mass is 16.5. The van der Waals surface area contributed by atoms with Crippen molar-refractivity contribution in [1.29, 1.82) is 0 Å². The number of rotatable bonds is 3. The van der Waals surface area contributed by atoms with Crippen molar-refractivity contribution < 1.29 is 24.2 Å². The second-order valence-corrected chi connectivity index (χ2v) is 9.60. The van der Waals surface area contributed by atoms with Crippen molar-refractivity contribution in [3.8, 4) is 0 Å². The number of carbonyl (C=O) groups is 3. The highest BCUT2D eigenvalue weighted by Gasteiger charge is 2.64. The van der Waals surface area contributed by atoms with Crippen LogP contribution in [0.1, 0.15) is 65.7 Å². The van der Waals surface area contributed by atoms with Gasteiger partial charge in [0.1, 0.15) is 5.60 Å². The monoisotopic (exact) mass is 386 g/mol. The lowest BCUT2D eigenvalue weighted by atomic mass is 9.50. The highest BCUT2D eigenvalue weighted by molar-refractivity contribution is 5.92. The second kappa shape index (κ2) is 6.38. The fraction of sp³-hybridized carbons (Fsp3) is 0.696. The van der Waals surface area contributed by atoms with Crippen LogP contribution in [0.5, 0.6) is 0 Å². The number of allylic oxidation sites excluding steroid dienone is 4. The number of ketones is 2. The first-order chi connectivity index (χ1) is 13.1. The van der Waals surface area contributed by atoms with Gasteiger partial charge in [-0.1, -0.05) is 31.1 Å². The molecule has 1 N–H and O–H groups in total. The smallest absolute Gasteiger partial charge is 0.303 e. The van der Waals surface area contributed by atoms with Crippen molar-refractivity contribution in [2.45, 2.75) is 71.3 Å². The molecule has 0 aromatic rings. The third kappa shape index (κ3) is 2.58. The molecule has 0 aromatic heterocycles. The van der Waals surface area contributed by atoms with Crippen molar-refractivity contribution in [2.75, 3.05) is 6.61 Å². The SMILES string of the molecule is CC(=O)OCC(=O)[C@@]1(O)CC[C@@H]2[C@@H]3CCC4=CC(=O)CC[C@]4(C)C3=CC[C@@]21C. The van der Waals surface area contributed by atoms with Crippen molar-refractivity contribution >= 4 is 17.5 Å². The lowest BCUT2D eigenvalue weighted by Gasteiger charge is -2.54. The van der Waals surface area contributed by atoms with Gasteiger partial charge >= 0.3 is 5.97 Å². The predicted molar refractivity (Wildman–Crippen MR) is 103 cm³/mol. The summed E-state index contributed by atoms with van der Waals surface area (Å²) in [5, 5.41) is 11.4. The number of carbonyl (C=O) groups excluding carboxylic acids is 3. The van der Waals surface area contributed by atoms with Gasteiger partial charge in [-0.3, -0.25) is 14.4 Å². The Labute approximate surface area is 166 Å². The van der Waals surface area contributed by atoms with Gasteiger partial charge in [-0.05, 0) is 56.4 Å². The van der Waals surface area contributed by atoms with E-state index in [1.807, 2.05) is 13.0 Å². The van der Waals surface area contributed by atoms with Gasteiger partial charge in [-0.2, -0.15) is 0 Å². The Balaban J connectivity index is 1.66. The second-order valence-electron chi connectivity index (χ2n) is 9.60. The first kappa shape index (κ1) is 19.6. The molecule has 4 aliphatic carbocycles. The molecule has 28 heavy (non-hydrogen) atoms. The molecule has 0 spiro atoms. The summed E-state index contributed by atoms with van der Waals surface area (Å²) in [4.78, 5) is 35.9. The van der Waals surface area contributed by atoms with Crippen LogP contribution >= 0.6 is 0 Å². The fourth-order valence-corrected chi connectivity index (χ4v) is 6.61. The fourth-order valence-electron chi connectivity index (χ4n) is 6.61. The number of aliphatic hydroxyl groups is 1. The lowest BCUT2D eigenvalue weighted by Crippen LogP contribution is -2.55. The molecule has 0 aromatic carbocycles. The average molecular weight is 386 g/mol. The number of hydrogen-bond acceptors (Lipinski definition) is 5. The Bertz CT molecular complexity index is 808.